The van der Waals surface area contributed by atoms with Crippen LogP contribution in [0.25, 0.3) is 0 Å². The van der Waals surface area contributed by atoms with Gasteiger partial charge in [0.25, 0.3) is 0 Å². The van der Waals surface area contributed by atoms with E-state index in [1.165, 1.54) is 11.1 Å². The summed E-state index contributed by atoms with van der Waals surface area (Å²) in [5.74, 6) is 2.45. The van der Waals surface area contributed by atoms with E-state index in [-0.39, 0.29) is 0 Å². The van der Waals surface area contributed by atoms with Crippen molar-refractivity contribution in [3.63, 3.8) is 0 Å². The Balaban J connectivity index is 1.87. The van der Waals surface area contributed by atoms with Crippen molar-refractivity contribution < 1.29 is 14.2 Å². The zero-order valence-electron chi connectivity index (χ0n) is 17.1. The van der Waals surface area contributed by atoms with Gasteiger partial charge in [-0.3, -0.25) is 9.89 Å². The summed E-state index contributed by atoms with van der Waals surface area (Å²) in [6.45, 7) is 10.7. The standard InChI is InChI=1S/C20H34N4O3/c1-5-21-20(23-9-12-27-6-2)22-8-11-24-10-7-16-13-18(25-3)19(26-4)14-17(16)15-24/h13-14H,5-12,15H2,1-4H3,(H2,21,22,23). The molecule has 27 heavy (non-hydrogen) atoms. The summed E-state index contributed by atoms with van der Waals surface area (Å²) in [6, 6.07) is 4.21. The molecule has 0 aliphatic carbocycles. The summed E-state index contributed by atoms with van der Waals surface area (Å²) in [7, 11) is 3.36. The lowest BCUT2D eigenvalue weighted by atomic mass is 9.99. The Morgan fingerprint density at radius 3 is 2.52 bits per heavy atom. The average Bonchev–Trinajstić information content (AvgIpc) is 2.69. The average molecular weight is 379 g/mol. The Bertz CT molecular complexity index is 607. The highest BCUT2D eigenvalue weighted by Crippen LogP contribution is 2.33. The predicted molar refractivity (Wildman–Crippen MR) is 109 cm³/mol. The minimum atomic E-state index is 0.690. The molecule has 0 amide bonds. The number of nitrogens with one attached hydrogen (secondary N) is 2. The molecular formula is C20H34N4O3. The first-order chi connectivity index (χ1) is 13.2. The summed E-state index contributed by atoms with van der Waals surface area (Å²) in [6.07, 6.45) is 1.02. The van der Waals surface area contributed by atoms with Gasteiger partial charge >= 0.3 is 0 Å². The van der Waals surface area contributed by atoms with Crippen LogP contribution in [0.3, 0.4) is 0 Å². The second kappa shape index (κ2) is 11.7. The van der Waals surface area contributed by atoms with Crippen LogP contribution in [0.2, 0.25) is 0 Å². The molecule has 7 nitrogen and oxygen atoms in total. The van der Waals surface area contributed by atoms with Gasteiger partial charge in [0.2, 0.25) is 0 Å². The molecule has 0 saturated carbocycles. The molecule has 0 spiro atoms. The van der Waals surface area contributed by atoms with Crippen LogP contribution in [0.1, 0.15) is 25.0 Å². The molecule has 0 aromatic heterocycles. The lowest BCUT2D eigenvalue weighted by Crippen LogP contribution is -2.40. The molecular weight excluding hydrogens is 344 g/mol. The quantitative estimate of drug-likeness (QED) is 0.367. The van der Waals surface area contributed by atoms with E-state index in [0.717, 1.165) is 69.8 Å². The third kappa shape index (κ3) is 6.59. The fourth-order valence-corrected chi connectivity index (χ4v) is 3.16. The SMILES string of the molecule is CCNC(=NCCN1CCc2cc(OC)c(OC)cc2C1)NCCOCC. The minimum Gasteiger partial charge on any atom is -0.493 e. The molecule has 7 heteroatoms. The Labute approximate surface area is 163 Å². The first-order valence-corrected chi connectivity index (χ1v) is 9.77. The van der Waals surface area contributed by atoms with Crippen molar-refractivity contribution in [2.45, 2.75) is 26.8 Å². The molecule has 1 aliphatic rings. The normalized spacial score (nSPS) is 14.6. The molecule has 0 atom stereocenters. The van der Waals surface area contributed by atoms with E-state index in [0.29, 0.717) is 6.61 Å². The topological polar surface area (TPSA) is 67.4 Å². The van der Waals surface area contributed by atoms with E-state index in [1.807, 2.05) is 6.92 Å². The van der Waals surface area contributed by atoms with Crippen LogP contribution in [-0.2, 0) is 17.7 Å². The molecule has 1 heterocycles. The lowest BCUT2D eigenvalue weighted by molar-refractivity contribution is 0.152. The van der Waals surface area contributed by atoms with Crippen molar-refractivity contribution in [3.8, 4) is 11.5 Å². The second-order valence-corrected chi connectivity index (χ2v) is 6.39. The number of methoxy groups -OCH3 is 2. The van der Waals surface area contributed by atoms with Gasteiger partial charge in [-0.25, -0.2) is 0 Å². The molecule has 1 aromatic rings. The van der Waals surface area contributed by atoms with E-state index in [9.17, 15) is 0 Å². The molecule has 152 valence electrons. The Kier molecular flexibility index (Phi) is 9.21. The van der Waals surface area contributed by atoms with Crippen molar-refractivity contribution in [1.82, 2.24) is 15.5 Å². The van der Waals surface area contributed by atoms with Crippen molar-refractivity contribution >= 4 is 5.96 Å². The van der Waals surface area contributed by atoms with Gasteiger partial charge in [0.15, 0.2) is 17.5 Å². The van der Waals surface area contributed by atoms with Crippen LogP contribution in [0.5, 0.6) is 11.5 Å². The molecule has 0 fully saturated rings. The Morgan fingerprint density at radius 1 is 1.11 bits per heavy atom. The van der Waals surface area contributed by atoms with Gasteiger partial charge < -0.3 is 24.8 Å². The monoisotopic (exact) mass is 378 g/mol. The zero-order chi connectivity index (χ0) is 19.5. The maximum absolute atomic E-state index is 5.44. The Morgan fingerprint density at radius 2 is 1.85 bits per heavy atom. The summed E-state index contributed by atoms with van der Waals surface area (Å²) in [4.78, 5) is 7.11. The first-order valence-electron chi connectivity index (χ1n) is 9.77. The van der Waals surface area contributed by atoms with Crippen molar-refractivity contribution in [1.29, 1.82) is 0 Å². The molecule has 0 radical (unpaired) electrons. The number of aliphatic imine (C=N–C) groups is 1. The maximum Gasteiger partial charge on any atom is 0.191 e. The van der Waals surface area contributed by atoms with Crippen LogP contribution >= 0.6 is 0 Å². The van der Waals surface area contributed by atoms with Crippen LogP contribution in [0.4, 0.5) is 0 Å². The van der Waals surface area contributed by atoms with Gasteiger partial charge in [0.05, 0.1) is 27.4 Å². The minimum absolute atomic E-state index is 0.690. The van der Waals surface area contributed by atoms with Gasteiger partial charge in [0, 0.05) is 39.3 Å². The van der Waals surface area contributed by atoms with Gasteiger partial charge in [-0.2, -0.15) is 0 Å². The maximum atomic E-state index is 5.44. The van der Waals surface area contributed by atoms with Gasteiger partial charge in [-0.05, 0) is 43.5 Å². The second-order valence-electron chi connectivity index (χ2n) is 6.39. The Hall–Kier alpha value is -1.99. The van der Waals surface area contributed by atoms with Gasteiger partial charge in [-0.15, -0.1) is 0 Å². The number of fused-ring (bicyclic) bond motifs is 1. The van der Waals surface area contributed by atoms with Crippen molar-refractivity contribution in [2.24, 2.45) is 4.99 Å². The number of guanidine groups is 1. The number of rotatable bonds is 10. The largest absolute Gasteiger partial charge is 0.493 e. The van der Waals surface area contributed by atoms with E-state index >= 15 is 0 Å². The van der Waals surface area contributed by atoms with E-state index in [1.54, 1.807) is 14.2 Å². The van der Waals surface area contributed by atoms with Crippen LogP contribution in [0, 0.1) is 0 Å². The smallest absolute Gasteiger partial charge is 0.191 e. The number of nitrogens with zero attached hydrogens (tertiary/aromatic N) is 2. The highest BCUT2D eigenvalue weighted by molar-refractivity contribution is 5.79. The highest BCUT2D eigenvalue weighted by Gasteiger charge is 2.19. The van der Waals surface area contributed by atoms with Crippen LogP contribution in [0.15, 0.2) is 17.1 Å². The summed E-state index contributed by atoms with van der Waals surface area (Å²) in [5, 5.41) is 6.58. The van der Waals surface area contributed by atoms with Crippen LogP contribution in [-0.4, -0.2) is 71.0 Å². The fraction of sp³-hybridized carbons (Fsp3) is 0.650. The van der Waals surface area contributed by atoms with E-state index < -0.39 is 0 Å². The molecule has 1 aromatic carbocycles. The van der Waals surface area contributed by atoms with Crippen molar-refractivity contribution in [3.05, 3.63) is 23.3 Å². The third-order valence-electron chi connectivity index (χ3n) is 4.57. The summed E-state index contributed by atoms with van der Waals surface area (Å²) >= 11 is 0. The molecule has 1 aliphatic heterocycles. The molecule has 0 bridgehead atoms. The number of ether oxygens (including phenoxy) is 3. The number of hydrogen-bond acceptors (Lipinski definition) is 5. The van der Waals surface area contributed by atoms with E-state index in [4.69, 9.17) is 14.2 Å². The molecule has 2 rings (SSSR count). The van der Waals surface area contributed by atoms with Gasteiger partial charge in [0.1, 0.15) is 0 Å². The highest BCUT2D eigenvalue weighted by atomic mass is 16.5. The molecule has 0 saturated heterocycles. The summed E-state index contributed by atoms with van der Waals surface area (Å²) in [5.41, 5.74) is 2.66. The van der Waals surface area contributed by atoms with Crippen molar-refractivity contribution in [2.75, 3.05) is 60.2 Å². The van der Waals surface area contributed by atoms with Gasteiger partial charge in [-0.1, -0.05) is 0 Å². The number of hydrogen-bond donors (Lipinski definition) is 2. The molecule has 0 unspecified atom stereocenters. The third-order valence-corrected chi connectivity index (χ3v) is 4.57. The molecule has 2 N–H and O–H groups in total. The lowest BCUT2D eigenvalue weighted by Gasteiger charge is -2.29. The fourth-order valence-electron chi connectivity index (χ4n) is 3.16. The number of benzene rings is 1. The van der Waals surface area contributed by atoms with Crippen LogP contribution < -0.4 is 20.1 Å². The predicted octanol–water partition coefficient (Wildman–Crippen LogP) is 1.65. The zero-order valence-corrected chi connectivity index (χ0v) is 17.1. The first kappa shape index (κ1) is 21.3. The van der Waals surface area contributed by atoms with E-state index in [2.05, 4.69) is 39.6 Å². The summed E-state index contributed by atoms with van der Waals surface area (Å²) < 4.78 is 16.2.